The van der Waals surface area contributed by atoms with Crippen molar-refractivity contribution in [3.05, 3.63) is 40.2 Å². The number of rotatable bonds is 5. The molecular formula is C23H30F2N4O2. The van der Waals surface area contributed by atoms with Crippen LogP contribution in [0.4, 0.5) is 14.5 Å². The first-order valence-corrected chi connectivity index (χ1v) is 11.0. The summed E-state index contributed by atoms with van der Waals surface area (Å²) >= 11 is 0. The Morgan fingerprint density at radius 1 is 1.35 bits per heavy atom. The fourth-order valence-electron chi connectivity index (χ4n) is 4.66. The zero-order chi connectivity index (χ0) is 22.3. The smallest absolute Gasteiger partial charge is 0.251 e. The fourth-order valence-corrected chi connectivity index (χ4v) is 4.66. The minimum Gasteiger partial charge on any atom is -0.381 e. The Kier molecular flexibility index (Phi) is 5.77. The molecule has 31 heavy (non-hydrogen) atoms. The molecule has 2 aromatic rings. The van der Waals surface area contributed by atoms with E-state index in [1.54, 1.807) is 0 Å². The number of nitrogens with zero attached hydrogens (tertiary/aromatic N) is 2. The summed E-state index contributed by atoms with van der Waals surface area (Å²) in [5, 5.41) is 7.69. The van der Waals surface area contributed by atoms with Crippen LogP contribution in [0, 0.1) is 17.0 Å². The summed E-state index contributed by atoms with van der Waals surface area (Å²) in [6.45, 7) is 7.38. The summed E-state index contributed by atoms with van der Waals surface area (Å²) in [6, 6.07) is 0.937. The molecule has 0 saturated carbocycles. The second-order valence-electron chi connectivity index (χ2n) is 9.32. The molecule has 0 spiro atoms. The number of carbonyl (C=O) groups is 1. The number of carbonyl (C=O) groups excluding carboxylic acids is 1. The molecule has 0 bridgehead atoms. The average molecular weight is 433 g/mol. The standard InChI is InChI=1S/C23H30F2N4O2/c1-4-17-14-5-8-23(2,3)12-18(14)29(28-17)21-16(24)11-15(22(26)30)20(19(21)25)27-13-6-9-31-10-7-13/h11,13,27H,4-10,12H2,1-3H3,(H2,26,30). The maximum Gasteiger partial charge on any atom is 0.251 e. The van der Waals surface area contributed by atoms with Gasteiger partial charge in [-0.2, -0.15) is 5.10 Å². The molecule has 1 amide bonds. The van der Waals surface area contributed by atoms with Gasteiger partial charge in [-0.3, -0.25) is 4.79 Å². The molecule has 1 aromatic carbocycles. The van der Waals surface area contributed by atoms with Crippen molar-refractivity contribution in [2.75, 3.05) is 18.5 Å². The van der Waals surface area contributed by atoms with E-state index in [1.807, 2.05) is 6.92 Å². The van der Waals surface area contributed by atoms with Gasteiger partial charge in [-0.15, -0.1) is 0 Å². The second kappa shape index (κ2) is 8.22. The summed E-state index contributed by atoms with van der Waals surface area (Å²) in [5.74, 6) is -2.56. The predicted molar refractivity (Wildman–Crippen MR) is 115 cm³/mol. The molecule has 2 heterocycles. The Hall–Kier alpha value is -2.48. The normalized spacial score (nSPS) is 18.6. The number of anilines is 1. The van der Waals surface area contributed by atoms with Gasteiger partial charge < -0.3 is 15.8 Å². The van der Waals surface area contributed by atoms with Crippen molar-refractivity contribution >= 4 is 11.6 Å². The fraction of sp³-hybridized carbons (Fsp3) is 0.565. The number of ether oxygens (including phenoxy) is 1. The molecule has 1 fully saturated rings. The molecule has 2 aliphatic rings. The maximum atomic E-state index is 15.9. The highest BCUT2D eigenvalue weighted by atomic mass is 19.1. The molecule has 1 saturated heterocycles. The van der Waals surface area contributed by atoms with Crippen LogP contribution in [0.25, 0.3) is 5.69 Å². The molecule has 0 unspecified atom stereocenters. The van der Waals surface area contributed by atoms with Gasteiger partial charge in [0, 0.05) is 24.9 Å². The zero-order valence-corrected chi connectivity index (χ0v) is 18.4. The number of aryl methyl sites for hydroxylation is 1. The minimum atomic E-state index is -0.878. The van der Waals surface area contributed by atoms with E-state index in [0.717, 1.165) is 35.9 Å². The van der Waals surface area contributed by atoms with Crippen LogP contribution in [0.5, 0.6) is 0 Å². The van der Waals surface area contributed by atoms with E-state index >= 15 is 8.78 Å². The van der Waals surface area contributed by atoms with E-state index in [-0.39, 0.29) is 28.4 Å². The van der Waals surface area contributed by atoms with Gasteiger partial charge in [-0.05, 0) is 55.6 Å². The summed E-state index contributed by atoms with van der Waals surface area (Å²) < 4.78 is 37.9. The first-order valence-electron chi connectivity index (χ1n) is 11.0. The Morgan fingerprint density at radius 2 is 2.06 bits per heavy atom. The number of nitrogens with two attached hydrogens (primary N) is 1. The SMILES string of the molecule is CCc1nn(-c2c(F)cc(C(N)=O)c(NC3CCOCC3)c2F)c2c1CCC(C)(C)C2. The Labute approximate surface area is 181 Å². The number of amides is 1. The highest BCUT2D eigenvalue weighted by Crippen LogP contribution is 2.39. The summed E-state index contributed by atoms with van der Waals surface area (Å²) in [4.78, 5) is 12.0. The van der Waals surface area contributed by atoms with Gasteiger partial charge in [-0.1, -0.05) is 20.8 Å². The predicted octanol–water partition coefficient (Wildman–Crippen LogP) is 3.92. The second-order valence-corrected chi connectivity index (χ2v) is 9.32. The van der Waals surface area contributed by atoms with Crippen molar-refractivity contribution in [1.29, 1.82) is 0 Å². The van der Waals surface area contributed by atoms with Crippen molar-refractivity contribution in [3.8, 4) is 5.69 Å². The maximum absolute atomic E-state index is 15.9. The summed E-state index contributed by atoms with van der Waals surface area (Å²) in [6.07, 6.45) is 4.52. The summed E-state index contributed by atoms with van der Waals surface area (Å²) in [5.41, 5.74) is 7.75. The molecule has 168 valence electrons. The number of hydrogen-bond acceptors (Lipinski definition) is 4. The number of benzene rings is 1. The molecule has 0 atom stereocenters. The Morgan fingerprint density at radius 3 is 2.71 bits per heavy atom. The van der Waals surface area contributed by atoms with Crippen molar-refractivity contribution in [1.82, 2.24) is 9.78 Å². The van der Waals surface area contributed by atoms with Gasteiger partial charge in [0.05, 0.1) is 16.9 Å². The van der Waals surface area contributed by atoms with E-state index in [4.69, 9.17) is 10.5 Å². The summed E-state index contributed by atoms with van der Waals surface area (Å²) in [7, 11) is 0. The molecule has 8 heteroatoms. The molecule has 3 N–H and O–H groups in total. The lowest BCUT2D eigenvalue weighted by Crippen LogP contribution is -2.30. The van der Waals surface area contributed by atoms with Gasteiger partial charge in [0.25, 0.3) is 5.91 Å². The number of aromatic nitrogens is 2. The van der Waals surface area contributed by atoms with Gasteiger partial charge in [0.2, 0.25) is 0 Å². The number of halogens is 2. The van der Waals surface area contributed by atoms with Crippen LogP contribution in [0.3, 0.4) is 0 Å². The number of fused-ring (bicyclic) bond motifs is 1. The molecule has 1 aliphatic heterocycles. The third kappa shape index (κ3) is 4.05. The van der Waals surface area contributed by atoms with Crippen LogP contribution in [0.15, 0.2) is 6.07 Å². The topological polar surface area (TPSA) is 82.2 Å². The van der Waals surface area contributed by atoms with Crippen molar-refractivity contribution in [3.63, 3.8) is 0 Å². The number of primary amides is 1. The third-order valence-corrected chi connectivity index (χ3v) is 6.45. The van der Waals surface area contributed by atoms with Crippen LogP contribution < -0.4 is 11.1 Å². The lowest BCUT2D eigenvalue weighted by Gasteiger charge is -2.30. The largest absolute Gasteiger partial charge is 0.381 e. The molecule has 1 aromatic heterocycles. The van der Waals surface area contributed by atoms with E-state index in [9.17, 15) is 4.79 Å². The van der Waals surface area contributed by atoms with Crippen molar-refractivity contribution in [2.24, 2.45) is 11.1 Å². The van der Waals surface area contributed by atoms with E-state index in [1.165, 1.54) is 4.68 Å². The van der Waals surface area contributed by atoms with Crippen LogP contribution in [0.1, 0.15) is 67.3 Å². The quantitative estimate of drug-likeness (QED) is 0.750. The Balaban J connectivity index is 1.87. The first-order chi connectivity index (χ1) is 14.7. The van der Waals surface area contributed by atoms with E-state index < -0.39 is 17.5 Å². The number of nitrogens with one attached hydrogen (secondary N) is 1. The van der Waals surface area contributed by atoms with Gasteiger partial charge in [-0.25, -0.2) is 13.5 Å². The molecular weight excluding hydrogens is 402 g/mol. The highest BCUT2D eigenvalue weighted by molar-refractivity contribution is 5.99. The van der Waals surface area contributed by atoms with Gasteiger partial charge >= 0.3 is 0 Å². The Bertz CT molecular complexity index is 1010. The minimum absolute atomic E-state index is 0.0130. The lowest BCUT2D eigenvalue weighted by molar-refractivity contribution is 0.0903. The molecule has 4 rings (SSSR count). The van der Waals surface area contributed by atoms with E-state index in [0.29, 0.717) is 38.9 Å². The monoisotopic (exact) mass is 432 g/mol. The molecule has 6 nitrogen and oxygen atoms in total. The third-order valence-electron chi connectivity index (χ3n) is 6.45. The van der Waals surface area contributed by atoms with Crippen LogP contribution in [0.2, 0.25) is 0 Å². The molecule has 1 aliphatic carbocycles. The number of hydrogen-bond donors (Lipinski definition) is 2. The van der Waals surface area contributed by atoms with Gasteiger partial charge in [0.1, 0.15) is 5.69 Å². The van der Waals surface area contributed by atoms with Crippen LogP contribution >= 0.6 is 0 Å². The van der Waals surface area contributed by atoms with Crippen molar-refractivity contribution in [2.45, 2.75) is 65.3 Å². The van der Waals surface area contributed by atoms with Crippen molar-refractivity contribution < 1.29 is 18.3 Å². The van der Waals surface area contributed by atoms with E-state index in [2.05, 4.69) is 24.3 Å². The average Bonchev–Trinajstić information content (AvgIpc) is 3.07. The van der Waals surface area contributed by atoms with Gasteiger partial charge in [0.15, 0.2) is 11.6 Å². The van der Waals surface area contributed by atoms with Crippen LogP contribution in [-0.2, 0) is 24.0 Å². The highest BCUT2D eigenvalue weighted by Gasteiger charge is 2.33. The van der Waals surface area contributed by atoms with Crippen LogP contribution in [-0.4, -0.2) is 34.9 Å². The first kappa shape index (κ1) is 21.7. The molecule has 0 radical (unpaired) electrons. The zero-order valence-electron chi connectivity index (χ0n) is 18.4. The lowest BCUT2D eigenvalue weighted by atomic mass is 9.76.